The third-order valence-corrected chi connectivity index (χ3v) is 11.6. The van der Waals surface area contributed by atoms with Crippen molar-refractivity contribution < 1.29 is 33.1 Å². The summed E-state index contributed by atoms with van der Waals surface area (Å²) >= 11 is 32.4. The van der Waals surface area contributed by atoms with Gasteiger partial charge in [-0.25, -0.2) is 18.8 Å². The van der Waals surface area contributed by atoms with E-state index >= 15 is 0 Å². The summed E-state index contributed by atoms with van der Waals surface area (Å²) < 4.78 is 32.5. The van der Waals surface area contributed by atoms with E-state index in [1.54, 1.807) is 58.0 Å². The molecule has 0 aliphatic carbocycles. The van der Waals surface area contributed by atoms with Crippen molar-refractivity contribution in [3.63, 3.8) is 0 Å². The molecule has 4 aromatic carbocycles. The van der Waals surface area contributed by atoms with Gasteiger partial charge in [-0.15, -0.1) is 0 Å². The van der Waals surface area contributed by atoms with E-state index in [0.717, 1.165) is 17.7 Å². The van der Waals surface area contributed by atoms with Crippen molar-refractivity contribution in [2.24, 2.45) is 4.99 Å². The van der Waals surface area contributed by atoms with Gasteiger partial charge in [0.15, 0.2) is 5.72 Å². The Kier molecular flexibility index (Phi) is 17.8. The number of aromatic nitrogens is 2. The number of nitrogens with zero attached hydrogens (tertiary/aromatic N) is 4. The second kappa shape index (κ2) is 21.2. The van der Waals surface area contributed by atoms with Crippen molar-refractivity contribution in [1.82, 2.24) is 9.55 Å². The Morgan fingerprint density at radius 1 is 0.746 bits per heavy atom. The zero-order valence-corrected chi connectivity index (χ0v) is 38.7. The monoisotopic (exact) mass is 1010 g/mol. The van der Waals surface area contributed by atoms with Gasteiger partial charge in [0, 0.05) is 46.4 Å². The molecule has 0 fully saturated rings. The first-order valence-corrected chi connectivity index (χ1v) is 20.7. The summed E-state index contributed by atoms with van der Waals surface area (Å²) in [5.41, 5.74) is 0.435. The van der Waals surface area contributed by atoms with Crippen molar-refractivity contribution in [3.8, 4) is 5.69 Å². The van der Waals surface area contributed by atoms with Crippen LogP contribution < -0.4 is 4.90 Å². The van der Waals surface area contributed by atoms with E-state index in [1.807, 2.05) is 59.9 Å². The van der Waals surface area contributed by atoms with Gasteiger partial charge in [0.2, 0.25) is 0 Å². The summed E-state index contributed by atoms with van der Waals surface area (Å²) in [6.07, 6.45) is 3.51. The zero-order chi connectivity index (χ0) is 44.5. The summed E-state index contributed by atoms with van der Waals surface area (Å²) in [5.74, 6) is 0.467. The lowest BCUT2D eigenvalue weighted by Gasteiger charge is -2.34. The van der Waals surface area contributed by atoms with Gasteiger partial charge in [-0.1, -0.05) is 104 Å². The number of carbonyl (C=O) groups excluding carboxylic acids is 4. The molecule has 1 unspecified atom stereocenters. The molecule has 59 heavy (non-hydrogen) atoms. The van der Waals surface area contributed by atoms with Crippen molar-refractivity contribution in [2.75, 3.05) is 11.4 Å². The van der Waals surface area contributed by atoms with Crippen LogP contribution in [0, 0.1) is 11.6 Å². The lowest BCUT2D eigenvalue weighted by Crippen LogP contribution is -2.43. The number of benzene rings is 4. The number of aliphatic imine (C=N–C) groups is 1. The third-order valence-electron chi connectivity index (χ3n) is 9.33. The number of imidazole rings is 1. The predicted molar refractivity (Wildman–Crippen MR) is 233 cm³/mol. The van der Waals surface area contributed by atoms with Crippen LogP contribution in [-0.2, 0) is 36.4 Å². The van der Waals surface area contributed by atoms with Crippen LogP contribution in [0.3, 0.4) is 0 Å². The standard InChI is InChI=1S/C20H20BrCl2FN2O.C20H18BrCl2FN2.2CO2/c1-4-20(27)11-26(16-9-8-12(21)10-15(16)24)18(25-20)19(2,3)17-13(22)6-5-7-14(17)23;1-4-13-11-26(17-9-8-12(21)10-16(17)24)19(25-13)20(2,3)18-14(22)6-5-7-15(18)23;2*2-1-3/h5-10,27H,4,11H2,1-3H3;5-11H,4H2,1-3H3;;. The van der Waals surface area contributed by atoms with E-state index in [0.29, 0.717) is 64.1 Å². The van der Waals surface area contributed by atoms with Crippen LogP contribution in [0.15, 0.2) is 92.9 Å². The lowest BCUT2D eigenvalue weighted by molar-refractivity contribution is -0.193. The largest absolute Gasteiger partial charge is 0.373 e. The number of anilines is 1. The molecular weight excluding hydrogens is 980 g/mol. The fraction of sp³-hybridized carbons (Fsp3) is 0.286. The Morgan fingerprint density at radius 3 is 1.58 bits per heavy atom. The quantitative estimate of drug-likeness (QED) is 0.164. The van der Waals surface area contributed by atoms with Crippen LogP contribution in [0.1, 0.15) is 70.6 Å². The number of aliphatic hydroxyl groups is 1. The molecule has 0 spiro atoms. The zero-order valence-electron chi connectivity index (χ0n) is 32.5. The van der Waals surface area contributed by atoms with Crippen LogP contribution in [-0.4, -0.2) is 45.1 Å². The predicted octanol–water partition coefficient (Wildman–Crippen LogP) is 12.0. The lowest BCUT2D eigenvalue weighted by atomic mass is 9.82. The molecule has 0 saturated carbocycles. The van der Waals surface area contributed by atoms with Crippen molar-refractivity contribution in [3.05, 3.63) is 142 Å². The number of hydrogen-bond acceptors (Lipinski definition) is 8. The van der Waals surface area contributed by atoms with Gasteiger partial charge in [0.25, 0.3) is 0 Å². The van der Waals surface area contributed by atoms with E-state index in [1.165, 1.54) is 12.1 Å². The first kappa shape index (κ1) is 49.6. The van der Waals surface area contributed by atoms with E-state index in [4.69, 9.17) is 70.6 Å². The first-order chi connectivity index (χ1) is 27.7. The van der Waals surface area contributed by atoms with Crippen LogP contribution in [0.25, 0.3) is 5.69 Å². The smallest absolute Gasteiger partial charge is 0.368 e. The van der Waals surface area contributed by atoms with Crippen LogP contribution in [0.4, 0.5) is 14.5 Å². The van der Waals surface area contributed by atoms with Crippen molar-refractivity contribution >= 4 is 102 Å². The summed E-state index contributed by atoms with van der Waals surface area (Å²) in [6, 6.07) is 20.5. The van der Waals surface area contributed by atoms with E-state index in [9.17, 15) is 13.9 Å². The van der Waals surface area contributed by atoms with Gasteiger partial charge >= 0.3 is 12.3 Å². The minimum absolute atomic E-state index is 0.156. The molecule has 0 radical (unpaired) electrons. The molecule has 0 amide bonds. The van der Waals surface area contributed by atoms with Gasteiger partial charge in [-0.3, -0.25) is 4.57 Å². The topological polar surface area (TPSA) is 122 Å². The van der Waals surface area contributed by atoms with Crippen LogP contribution in [0.2, 0.25) is 20.1 Å². The van der Waals surface area contributed by atoms with Crippen LogP contribution >= 0.6 is 78.3 Å². The highest BCUT2D eigenvalue weighted by Crippen LogP contribution is 2.43. The molecule has 0 bridgehead atoms. The van der Waals surface area contributed by atoms with Gasteiger partial charge in [-0.05, 0) is 101 Å². The highest BCUT2D eigenvalue weighted by Gasteiger charge is 2.45. The average Bonchev–Trinajstić information content (AvgIpc) is 3.75. The SMILES string of the molecule is CCC1(O)CN(c2ccc(Br)cc2F)C(C(C)(C)c2c(Cl)cccc2Cl)=N1.CCc1cn(-c2ccc(Br)cc2F)c(C(C)(C)c2c(Cl)cccc2Cl)n1.O=C=O.O=C=O. The van der Waals surface area contributed by atoms with Crippen LogP contribution in [0.5, 0.6) is 0 Å². The molecule has 5 aromatic rings. The molecule has 9 nitrogen and oxygen atoms in total. The molecule has 0 saturated heterocycles. The van der Waals surface area contributed by atoms with Gasteiger partial charge in [0.1, 0.15) is 23.3 Å². The molecule has 2 heterocycles. The highest BCUT2D eigenvalue weighted by atomic mass is 79.9. The van der Waals surface area contributed by atoms with Crippen molar-refractivity contribution in [1.29, 1.82) is 0 Å². The Balaban J connectivity index is 0.000000278. The number of amidine groups is 1. The molecule has 1 N–H and O–H groups in total. The molecule has 1 aromatic heterocycles. The number of aryl methyl sites for hydroxylation is 1. The number of β-amino-alcohol motifs (C(OH)–C–C–N with tert-alkyl or cyclic N) is 1. The molecule has 312 valence electrons. The summed E-state index contributed by atoms with van der Waals surface area (Å²) in [5, 5.41) is 13.0. The second-order valence-corrected chi connectivity index (χ2v) is 17.4. The Labute approximate surface area is 377 Å². The molecule has 1 aliphatic rings. The minimum atomic E-state index is -1.31. The number of halogens is 8. The normalized spacial score (nSPS) is 14.7. The van der Waals surface area contributed by atoms with E-state index in [-0.39, 0.29) is 24.7 Å². The van der Waals surface area contributed by atoms with Gasteiger partial charge in [-0.2, -0.15) is 19.2 Å². The van der Waals surface area contributed by atoms with Gasteiger partial charge < -0.3 is 10.0 Å². The molecule has 1 aliphatic heterocycles. The second-order valence-electron chi connectivity index (χ2n) is 13.9. The number of hydrogen-bond donors (Lipinski definition) is 1. The summed E-state index contributed by atoms with van der Waals surface area (Å²) in [7, 11) is 0. The van der Waals surface area contributed by atoms with Gasteiger partial charge in [0.05, 0.1) is 34.4 Å². The van der Waals surface area contributed by atoms with E-state index < -0.39 is 22.4 Å². The third kappa shape index (κ3) is 11.6. The fourth-order valence-corrected chi connectivity index (χ4v) is 8.91. The summed E-state index contributed by atoms with van der Waals surface area (Å²) in [4.78, 5) is 43.6. The molecule has 1 atom stereocenters. The molecule has 17 heteroatoms. The highest BCUT2D eigenvalue weighted by molar-refractivity contribution is 9.10. The maximum atomic E-state index is 14.7. The Morgan fingerprint density at radius 2 is 1.17 bits per heavy atom. The Hall–Kier alpha value is -3.74. The maximum absolute atomic E-state index is 14.7. The number of rotatable bonds is 8. The molecular formula is C42H38Br2Cl4F2N4O5. The minimum Gasteiger partial charge on any atom is -0.368 e. The average molecular weight is 1020 g/mol. The maximum Gasteiger partial charge on any atom is 0.373 e. The van der Waals surface area contributed by atoms with E-state index in [2.05, 4.69) is 36.9 Å². The first-order valence-electron chi connectivity index (χ1n) is 17.6. The summed E-state index contributed by atoms with van der Waals surface area (Å²) in [6.45, 7) is 11.9. The molecule has 6 rings (SSSR count). The Bertz CT molecular complexity index is 2350. The fourth-order valence-electron chi connectivity index (χ4n) is 6.50. The van der Waals surface area contributed by atoms with Crippen molar-refractivity contribution in [2.45, 2.75) is 70.9 Å².